The highest BCUT2D eigenvalue weighted by Crippen LogP contribution is 2.40. The van der Waals surface area contributed by atoms with Gasteiger partial charge in [-0.2, -0.15) is 0 Å². The van der Waals surface area contributed by atoms with Crippen LogP contribution >= 0.6 is 0 Å². The van der Waals surface area contributed by atoms with Gasteiger partial charge in [0.15, 0.2) is 0 Å². The molecule has 0 radical (unpaired) electrons. The van der Waals surface area contributed by atoms with E-state index in [9.17, 15) is 0 Å². The molecule has 0 aliphatic rings. The SMILES string of the molecule is COc1cc2ccc3ccccc3c2c2c1ccc1ccccc12. The summed E-state index contributed by atoms with van der Waals surface area (Å²) in [6.07, 6.45) is 0. The number of fused-ring (bicyclic) bond motifs is 7. The van der Waals surface area contributed by atoms with Crippen molar-refractivity contribution in [1.82, 2.24) is 0 Å². The van der Waals surface area contributed by atoms with Crippen LogP contribution in [0.4, 0.5) is 0 Å². The van der Waals surface area contributed by atoms with Gasteiger partial charge in [-0.15, -0.1) is 0 Å². The average Bonchev–Trinajstić information content (AvgIpc) is 2.66. The molecule has 24 heavy (non-hydrogen) atoms. The van der Waals surface area contributed by atoms with Gasteiger partial charge < -0.3 is 4.74 Å². The smallest absolute Gasteiger partial charge is 0.127 e. The Morgan fingerprint density at radius 1 is 0.542 bits per heavy atom. The van der Waals surface area contributed by atoms with E-state index < -0.39 is 0 Å². The van der Waals surface area contributed by atoms with E-state index in [0.717, 1.165) is 5.75 Å². The lowest BCUT2D eigenvalue weighted by Gasteiger charge is -2.14. The summed E-state index contributed by atoms with van der Waals surface area (Å²) < 4.78 is 5.70. The second-order valence-electron chi connectivity index (χ2n) is 6.17. The monoisotopic (exact) mass is 308 g/mol. The third kappa shape index (κ3) is 1.75. The Labute approximate surface area is 140 Å². The highest BCUT2D eigenvalue weighted by Gasteiger charge is 2.12. The fourth-order valence-corrected chi connectivity index (χ4v) is 3.82. The Hall–Kier alpha value is -3.06. The fourth-order valence-electron chi connectivity index (χ4n) is 3.82. The van der Waals surface area contributed by atoms with E-state index in [2.05, 4.69) is 78.9 Å². The largest absolute Gasteiger partial charge is 0.496 e. The van der Waals surface area contributed by atoms with Crippen molar-refractivity contribution in [2.75, 3.05) is 7.11 Å². The van der Waals surface area contributed by atoms with Gasteiger partial charge in [0.2, 0.25) is 0 Å². The van der Waals surface area contributed by atoms with Gasteiger partial charge in [0.1, 0.15) is 5.75 Å². The molecule has 5 aromatic carbocycles. The first-order chi connectivity index (χ1) is 11.9. The van der Waals surface area contributed by atoms with Crippen molar-refractivity contribution in [3.8, 4) is 5.75 Å². The van der Waals surface area contributed by atoms with Crippen LogP contribution in [0.15, 0.2) is 78.9 Å². The fraction of sp³-hybridized carbons (Fsp3) is 0.0435. The number of benzene rings is 5. The Kier molecular flexibility index (Phi) is 2.77. The Morgan fingerprint density at radius 2 is 1.12 bits per heavy atom. The van der Waals surface area contributed by atoms with Gasteiger partial charge in [-0.25, -0.2) is 0 Å². The quantitative estimate of drug-likeness (QED) is 0.330. The maximum absolute atomic E-state index is 5.70. The van der Waals surface area contributed by atoms with Gasteiger partial charge in [-0.3, -0.25) is 0 Å². The number of rotatable bonds is 1. The Balaban J connectivity index is 2.18. The standard InChI is InChI=1S/C23H16O/c1-24-21-14-17-11-10-15-6-2-4-8-18(15)22(17)23-19-9-5-3-7-16(19)12-13-20(21)23/h2-14H,1H3. The third-order valence-corrected chi connectivity index (χ3v) is 4.91. The molecule has 5 aromatic rings. The van der Waals surface area contributed by atoms with Crippen LogP contribution in [0.2, 0.25) is 0 Å². The number of hydrogen-bond acceptors (Lipinski definition) is 1. The summed E-state index contributed by atoms with van der Waals surface area (Å²) in [7, 11) is 1.75. The van der Waals surface area contributed by atoms with Gasteiger partial charge in [-0.05, 0) is 44.5 Å². The lowest BCUT2D eigenvalue weighted by Crippen LogP contribution is -1.89. The molecule has 0 saturated heterocycles. The van der Waals surface area contributed by atoms with Crippen molar-refractivity contribution in [1.29, 1.82) is 0 Å². The van der Waals surface area contributed by atoms with Crippen molar-refractivity contribution < 1.29 is 4.74 Å². The molecule has 0 fully saturated rings. The topological polar surface area (TPSA) is 9.23 Å². The van der Waals surface area contributed by atoms with E-state index in [1.165, 1.54) is 43.1 Å². The summed E-state index contributed by atoms with van der Waals surface area (Å²) in [6.45, 7) is 0. The summed E-state index contributed by atoms with van der Waals surface area (Å²) in [4.78, 5) is 0. The second-order valence-corrected chi connectivity index (χ2v) is 6.17. The number of methoxy groups -OCH3 is 1. The van der Waals surface area contributed by atoms with Crippen LogP contribution in [0.3, 0.4) is 0 Å². The summed E-state index contributed by atoms with van der Waals surface area (Å²) >= 11 is 0. The van der Waals surface area contributed by atoms with Crippen molar-refractivity contribution in [2.24, 2.45) is 0 Å². The van der Waals surface area contributed by atoms with Gasteiger partial charge in [0.05, 0.1) is 7.11 Å². The summed E-state index contributed by atoms with van der Waals surface area (Å²) in [5, 5.41) is 10.1. The van der Waals surface area contributed by atoms with E-state index in [0.29, 0.717) is 0 Å². The zero-order chi connectivity index (χ0) is 16.1. The van der Waals surface area contributed by atoms with E-state index >= 15 is 0 Å². The minimum Gasteiger partial charge on any atom is -0.496 e. The van der Waals surface area contributed by atoms with E-state index in [1.54, 1.807) is 7.11 Å². The molecular weight excluding hydrogens is 292 g/mol. The Morgan fingerprint density at radius 3 is 1.83 bits per heavy atom. The molecule has 0 bridgehead atoms. The van der Waals surface area contributed by atoms with Crippen LogP contribution in [-0.2, 0) is 0 Å². The van der Waals surface area contributed by atoms with E-state index in [1.807, 2.05) is 0 Å². The number of ether oxygens (including phenoxy) is 1. The predicted molar refractivity (Wildman–Crippen MR) is 103 cm³/mol. The lowest BCUT2D eigenvalue weighted by molar-refractivity contribution is 0.420. The van der Waals surface area contributed by atoms with Crippen molar-refractivity contribution in [3.63, 3.8) is 0 Å². The van der Waals surface area contributed by atoms with Crippen LogP contribution < -0.4 is 4.74 Å². The summed E-state index contributed by atoms with van der Waals surface area (Å²) in [5.74, 6) is 0.929. The van der Waals surface area contributed by atoms with E-state index in [-0.39, 0.29) is 0 Å². The molecule has 0 atom stereocenters. The van der Waals surface area contributed by atoms with Gasteiger partial charge in [0, 0.05) is 10.8 Å². The molecule has 0 N–H and O–H groups in total. The zero-order valence-electron chi connectivity index (χ0n) is 13.4. The average molecular weight is 308 g/mol. The minimum atomic E-state index is 0.929. The predicted octanol–water partition coefficient (Wildman–Crippen LogP) is 6.31. The van der Waals surface area contributed by atoms with Crippen LogP contribution in [0.1, 0.15) is 0 Å². The molecule has 0 aliphatic heterocycles. The molecule has 1 heteroatoms. The molecule has 0 spiro atoms. The first-order valence-electron chi connectivity index (χ1n) is 8.17. The van der Waals surface area contributed by atoms with Crippen LogP contribution in [0, 0.1) is 0 Å². The molecule has 1 nitrogen and oxygen atoms in total. The molecular formula is C23H16O. The number of hydrogen-bond donors (Lipinski definition) is 0. The highest BCUT2D eigenvalue weighted by molar-refractivity contribution is 6.28. The second kappa shape index (κ2) is 4.97. The van der Waals surface area contributed by atoms with E-state index in [4.69, 9.17) is 4.74 Å². The molecule has 114 valence electrons. The molecule has 0 unspecified atom stereocenters. The lowest BCUT2D eigenvalue weighted by atomic mass is 9.92. The molecule has 0 heterocycles. The van der Waals surface area contributed by atoms with Crippen molar-refractivity contribution in [2.45, 2.75) is 0 Å². The Bertz CT molecular complexity index is 1230. The summed E-state index contributed by atoms with van der Waals surface area (Å²) in [5.41, 5.74) is 0. The molecule has 0 amide bonds. The molecule has 5 rings (SSSR count). The van der Waals surface area contributed by atoms with Crippen LogP contribution in [-0.4, -0.2) is 7.11 Å². The maximum Gasteiger partial charge on any atom is 0.127 e. The molecule has 0 aliphatic carbocycles. The third-order valence-electron chi connectivity index (χ3n) is 4.91. The maximum atomic E-state index is 5.70. The first kappa shape index (κ1) is 13.4. The normalized spacial score (nSPS) is 11.5. The van der Waals surface area contributed by atoms with Crippen molar-refractivity contribution >= 4 is 43.1 Å². The zero-order valence-corrected chi connectivity index (χ0v) is 13.4. The van der Waals surface area contributed by atoms with Gasteiger partial charge in [-0.1, -0.05) is 66.7 Å². The molecule has 0 aromatic heterocycles. The van der Waals surface area contributed by atoms with Crippen LogP contribution in [0.25, 0.3) is 43.1 Å². The first-order valence-corrected chi connectivity index (χ1v) is 8.17. The molecule has 0 saturated carbocycles. The van der Waals surface area contributed by atoms with Gasteiger partial charge in [0.25, 0.3) is 0 Å². The van der Waals surface area contributed by atoms with Gasteiger partial charge >= 0.3 is 0 Å². The van der Waals surface area contributed by atoms with Crippen molar-refractivity contribution in [3.05, 3.63) is 78.9 Å². The summed E-state index contributed by atoms with van der Waals surface area (Å²) in [6, 6.07) is 28.1. The minimum absolute atomic E-state index is 0.929. The van der Waals surface area contributed by atoms with Crippen LogP contribution in [0.5, 0.6) is 5.75 Å². The highest BCUT2D eigenvalue weighted by atomic mass is 16.5.